The molecule has 0 aromatic heterocycles. The van der Waals surface area contributed by atoms with Gasteiger partial charge in [0.15, 0.2) is 0 Å². The number of aryl methyl sites for hydroxylation is 1. The van der Waals surface area contributed by atoms with Crippen molar-refractivity contribution in [1.29, 1.82) is 0 Å². The van der Waals surface area contributed by atoms with E-state index in [1.54, 1.807) is 25.7 Å². The van der Waals surface area contributed by atoms with Gasteiger partial charge in [0.05, 0.1) is 46.3 Å². The van der Waals surface area contributed by atoms with Gasteiger partial charge in [-0.25, -0.2) is 13.4 Å². The maximum Gasteiger partial charge on any atom is 0.410 e. The summed E-state index contributed by atoms with van der Waals surface area (Å²) >= 11 is 0. The molecule has 1 saturated heterocycles. The maximum absolute atomic E-state index is 14.8. The molecule has 6 atom stereocenters. The summed E-state index contributed by atoms with van der Waals surface area (Å²) in [5.74, 6) is -0.364. The zero-order valence-electron chi connectivity index (χ0n) is 23.7. The number of carbonyl (C=O) groups excluding carboxylic acids is 1. The van der Waals surface area contributed by atoms with E-state index in [0.29, 0.717) is 11.3 Å². The summed E-state index contributed by atoms with van der Waals surface area (Å²) < 4.78 is 25.3. The van der Waals surface area contributed by atoms with Crippen molar-refractivity contribution in [3.8, 4) is 0 Å². The molecule has 1 heterocycles. The van der Waals surface area contributed by atoms with Gasteiger partial charge in [-0.05, 0) is 57.7 Å². The second-order valence-corrected chi connectivity index (χ2v) is 14.1. The van der Waals surface area contributed by atoms with Gasteiger partial charge >= 0.3 is 6.09 Å². The summed E-state index contributed by atoms with van der Waals surface area (Å²) in [6.45, 7) is 12.9. The molecule has 8 heteroatoms. The Balaban J connectivity index is 2.11. The SMILES string of the molecule is Cc1ccc(S(=O)(C[C@@H]2[C@@H](C)[C@@H](O)[C@H](Cc3ccccc3)N2C(=O)OC(C)(C)C)=N[C@H](CO)C(C)C)cc1. The van der Waals surface area contributed by atoms with Crippen LogP contribution in [0.4, 0.5) is 4.79 Å². The van der Waals surface area contributed by atoms with Crippen LogP contribution in [-0.2, 0) is 20.9 Å². The van der Waals surface area contributed by atoms with Crippen molar-refractivity contribution >= 4 is 15.8 Å². The molecule has 2 aromatic carbocycles. The zero-order valence-corrected chi connectivity index (χ0v) is 24.5. The van der Waals surface area contributed by atoms with Crippen molar-refractivity contribution in [2.24, 2.45) is 16.2 Å². The molecule has 1 amide bonds. The molecule has 0 radical (unpaired) electrons. The summed E-state index contributed by atoms with van der Waals surface area (Å²) in [6, 6.07) is 15.5. The van der Waals surface area contributed by atoms with E-state index >= 15 is 0 Å². The molecule has 1 aliphatic rings. The molecule has 210 valence electrons. The van der Waals surface area contributed by atoms with Gasteiger partial charge in [0, 0.05) is 10.8 Å². The molecule has 1 unspecified atom stereocenters. The molecule has 38 heavy (non-hydrogen) atoms. The molecule has 0 bridgehead atoms. The minimum Gasteiger partial charge on any atom is -0.444 e. The summed E-state index contributed by atoms with van der Waals surface area (Å²) in [7, 11) is -3.08. The predicted molar refractivity (Wildman–Crippen MR) is 152 cm³/mol. The highest BCUT2D eigenvalue weighted by molar-refractivity contribution is 7.93. The van der Waals surface area contributed by atoms with E-state index in [4.69, 9.17) is 9.10 Å². The van der Waals surface area contributed by atoms with Crippen molar-refractivity contribution in [2.75, 3.05) is 12.4 Å². The van der Waals surface area contributed by atoms with Crippen LogP contribution in [0.25, 0.3) is 0 Å². The first-order valence-electron chi connectivity index (χ1n) is 13.4. The topological polar surface area (TPSA) is 99.4 Å². The number of carbonyl (C=O) groups is 1. The van der Waals surface area contributed by atoms with E-state index < -0.39 is 45.7 Å². The Kier molecular flexibility index (Phi) is 9.66. The summed E-state index contributed by atoms with van der Waals surface area (Å²) in [4.78, 5) is 15.8. The highest BCUT2D eigenvalue weighted by atomic mass is 32.2. The van der Waals surface area contributed by atoms with E-state index in [1.165, 1.54) is 0 Å². The Bertz CT molecular complexity index is 1180. The second kappa shape index (κ2) is 12.2. The van der Waals surface area contributed by atoms with Crippen LogP contribution >= 0.6 is 0 Å². The third-order valence-electron chi connectivity index (χ3n) is 7.19. The highest BCUT2D eigenvalue weighted by Crippen LogP contribution is 2.36. The summed E-state index contributed by atoms with van der Waals surface area (Å²) in [5, 5.41) is 21.4. The molecule has 2 N–H and O–H groups in total. The van der Waals surface area contributed by atoms with Crippen LogP contribution in [0, 0.1) is 18.8 Å². The number of rotatable bonds is 8. The van der Waals surface area contributed by atoms with Gasteiger partial charge in [-0.15, -0.1) is 0 Å². The van der Waals surface area contributed by atoms with Crippen molar-refractivity contribution in [3.63, 3.8) is 0 Å². The Hall–Kier alpha value is -2.42. The Morgan fingerprint density at radius 1 is 1.08 bits per heavy atom. The molecule has 0 saturated carbocycles. The van der Waals surface area contributed by atoms with Crippen LogP contribution in [0.15, 0.2) is 63.9 Å². The van der Waals surface area contributed by atoms with Gasteiger partial charge in [0.1, 0.15) is 5.60 Å². The van der Waals surface area contributed by atoms with Crippen molar-refractivity contribution in [2.45, 2.75) is 89.6 Å². The quantitative estimate of drug-likeness (QED) is 0.484. The van der Waals surface area contributed by atoms with Crippen molar-refractivity contribution < 1.29 is 24.0 Å². The molecule has 7 nitrogen and oxygen atoms in total. The van der Waals surface area contributed by atoms with E-state index in [-0.39, 0.29) is 24.2 Å². The number of nitrogens with zero attached hydrogens (tertiary/aromatic N) is 2. The average Bonchev–Trinajstić information content (AvgIpc) is 3.06. The molecule has 0 spiro atoms. The van der Waals surface area contributed by atoms with E-state index in [1.807, 2.05) is 82.3 Å². The Morgan fingerprint density at radius 2 is 1.68 bits per heavy atom. The largest absolute Gasteiger partial charge is 0.444 e. The number of benzene rings is 2. The fourth-order valence-corrected chi connectivity index (χ4v) is 7.54. The van der Waals surface area contributed by atoms with Crippen molar-refractivity contribution in [1.82, 2.24) is 4.90 Å². The molecule has 0 aliphatic carbocycles. The normalized spacial score (nSPS) is 24.2. The van der Waals surface area contributed by atoms with Gasteiger partial charge in [-0.2, -0.15) is 0 Å². The lowest BCUT2D eigenvalue weighted by atomic mass is 9.96. The smallest absolute Gasteiger partial charge is 0.410 e. The number of hydrogen-bond donors (Lipinski definition) is 2. The Morgan fingerprint density at radius 3 is 2.21 bits per heavy atom. The lowest BCUT2D eigenvalue weighted by Crippen LogP contribution is -2.49. The fraction of sp³-hybridized carbons (Fsp3) is 0.567. The van der Waals surface area contributed by atoms with Crippen LogP contribution in [0.5, 0.6) is 0 Å². The zero-order chi connectivity index (χ0) is 28.3. The number of aliphatic hydroxyl groups excluding tert-OH is 2. The van der Waals surface area contributed by atoms with E-state index in [2.05, 4.69) is 0 Å². The number of aliphatic hydroxyl groups is 2. The average molecular weight is 545 g/mol. The maximum atomic E-state index is 14.8. The van der Waals surface area contributed by atoms with Crippen LogP contribution < -0.4 is 0 Å². The van der Waals surface area contributed by atoms with Crippen LogP contribution in [0.1, 0.15) is 52.7 Å². The van der Waals surface area contributed by atoms with Gasteiger partial charge in [-0.1, -0.05) is 68.8 Å². The molecule has 1 fully saturated rings. The molecule has 2 aromatic rings. The number of ether oxygens (including phenoxy) is 1. The Labute approximate surface area is 228 Å². The van der Waals surface area contributed by atoms with E-state index in [9.17, 15) is 19.2 Å². The van der Waals surface area contributed by atoms with Crippen molar-refractivity contribution in [3.05, 3.63) is 65.7 Å². The lowest BCUT2D eigenvalue weighted by molar-refractivity contribution is 0.0102. The predicted octanol–water partition coefficient (Wildman–Crippen LogP) is 5.07. The number of amides is 1. The van der Waals surface area contributed by atoms with Crippen LogP contribution in [-0.4, -0.2) is 67.6 Å². The molecule has 1 aliphatic heterocycles. The standard InChI is InChI=1S/C30H44N2O5S/c1-20(2)25(18-33)31-38(36,24-15-13-21(3)14-16-24)19-27-22(4)28(34)26(17-23-11-9-8-10-12-23)32(27)29(35)37-30(5,6)7/h8-16,20,22,25-28,33-34H,17-19H2,1-7H3/t22-,25-,26+,27-,28-,38?/m1/s1. The summed E-state index contributed by atoms with van der Waals surface area (Å²) in [6.07, 6.45) is -0.941. The van der Waals surface area contributed by atoms with Crippen LogP contribution in [0.3, 0.4) is 0 Å². The third-order valence-corrected chi connectivity index (χ3v) is 9.61. The van der Waals surface area contributed by atoms with Gasteiger partial charge in [0.25, 0.3) is 0 Å². The van der Waals surface area contributed by atoms with Crippen LogP contribution in [0.2, 0.25) is 0 Å². The lowest BCUT2D eigenvalue weighted by Gasteiger charge is -2.34. The van der Waals surface area contributed by atoms with E-state index in [0.717, 1.165) is 11.1 Å². The summed E-state index contributed by atoms with van der Waals surface area (Å²) in [5.41, 5.74) is 1.28. The second-order valence-electron chi connectivity index (χ2n) is 11.8. The third kappa shape index (κ3) is 7.16. The first-order chi connectivity index (χ1) is 17.8. The minimum atomic E-state index is -3.08. The van der Waals surface area contributed by atoms with Gasteiger partial charge in [-0.3, -0.25) is 4.90 Å². The monoisotopic (exact) mass is 544 g/mol. The molecular weight excluding hydrogens is 500 g/mol. The highest BCUT2D eigenvalue weighted by Gasteiger charge is 2.50. The first-order valence-corrected chi connectivity index (χ1v) is 15.1. The number of likely N-dealkylation sites (tertiary alicyclic amines) is 1. The first kappa shape index (κ1) is 30.1. The minimum absolute atomic E-state index is 0.0225. The molecular formula is C30H44N2O5S. The molecule has 3 rings (SSSR count). The van der Waals surface area contributed by atoms with Gasteiger partial charge < -0.3 is 14.9 Å². The fourth-order valence-electron chi connectivity index (χ4n) is 4.90. The van der Waals surface area contributed by atoms with Gasteiger partial charge in [0.2, 0.25) is 0 Å². The number of hydrogen-bond acceptors (Lipinski definition) is 6.